The Morgan fingerprint density at radius 3 is 2.89 bits per heavy atom. The molecule has 1 aliphatic carbocycles. The summed E-state index contributed by atoms with van der Waals surface area (Å²) in [5.41, 5.74) is 0. The topological polar surface area (TPSA) is 12.0 Å². The van der Waals surface area contributed by atoms with E-state index >= 15 is 0 Å². The average molecular weight is 143 g/mol. The summed E-state index contributed by atoms with van der Waals surface area (Å²) >= 11 is 2.12. The summed E-state index contributed by atoms with van der Waals surface area (Å²) in [5.74, 6) is 4.90. The third-order valence-corrected chi connectivity index (χ3v) is 3.72. The number of hydrogen-bond donors (Lipinski definition) is 1. The van der Waals surface area contributed by atoms with Crippen molar-refractivity contribution in [3.63, 3.8) is 0 Å². The van der Waals surface area contributed by atoms with Crippen molar-refractivity contribution in [2.45, 2.75) is 12.5 Å². The number of thioether (sulfide) groups is 1. The Bertz CT molecular complexity index is 96.7. The van der Waals surface area contributed by atoms with Crippen LogP contribution in [0, 0.1) is 11.8 Å². The van der Waals surface area contributed by atoms with Crippen molar-refractivity contribution in [3.8, 4) is 0 Å². The minimum Gasteiger partial charge on any atom is -0.316 e. The molecule has 3 unspecified atom stereocenters. The molecule has 2 fully saturated rings. The van der Waals surface area contributed by atoms with Crippen LogP contribution in [0.25, 0.3) is 0 Å². The Morgan fingerprint density at radius 2 is 2.33 bits per heavy atom. The van der Waals surface area contributed by atoms with Crippen molar-refractivity contribution in [3.05, 3.63) is 0 Å². The number of rotatable bonds is 1. The Hall–Kier alpha value is 0.310. The number of nitrogens with one attached hydrogen (secondary N) is 1. The van der Waals surface area contributed by atoms with E-state index in [-0.39, 0.29) is 0 Å². The van der Waals surface area contributed by atoms with Gasteiger partial charge in [0.25, 0.3) is 0 Å². The number of fused-ring (bicyclic) bond motifs is 1. The van der Waals surface area contributed by atoms with Gasteiger partial charge in [0.15, 0.2) is 0 Å². The van der Waals surface area contributed by atoms with E-state index in [1.807, 2.05) is 0 Å². The van der Waals surface area contributed by atoms with Crippen molar-refractivity contribution < 1.29 is 0 Å². The van der Waals surface area contributed by atoms with Crippen molar-refractivity contribution in [1.82, 2.24) is 5.32 Å². The Labute approximate surface area is 60.6 Å². The molecular weight excluding hydrogens is 130 g/mol. The minimum absolute atomic E-state index is 0.889. The van der Waals surface area contributed by atoms with E-state index in [9.17, 15) is 0 Å². The van der Waals surface area contributed by atoms with E-state index in [0.717, 1.165) is 17.9 Å². The Morgan fingerprint density at radius 1 is 1.44 bits per heavy atom. The van der Waals surface area contributed by atoms with E-state index in [4.69, 9.17) is 0 Å². The molecule has 0 radical (unpaired) electrons. The predicted molar refractivity (Wildman–Crippen MR) is 41.8 cm³/mol. The number of hydrogen-bond acceptors (Lipinski definition) is 2. The summed E-state index contributed by atoms with van der Waals surface area (Å²) in [7, 11) is 2.09. The fourth-order valence-electron chi connectivity index (χ4n) is 1.93. The van der Waals surface area contributed by atoms with Gasteiger partial charge in [-0.2, -0.15) is 11.8 Å². The van der Waals surface area contributed by atoms with Crippen LogP contribution < -0.4 is 5.32 Å². The molecule has 1 aliphatic heterocycles. The van der Waals surface area contributed by atoms with Gasteiger partial charge in [0.05, 0.1) is 0 Å². The smallest absolute Gasteiger partial charge is 0.0135 e. The molecule has 2 rings (SSSR count). The first-order valence-electron chi connectivity index (χ1n) is 3.68. The van der Waals surface area contributed by atoms with Crippen molar-refractivity contribution >= 4 is 11.8 Å². The molecule has 2 heteroatoms. The summed E-state index contributed by atoms with van der Waals surface area (Å²) in [6, 6.07) is 0.889. The zero-order valence-corrected chi connectivity index (χ0v) is 6.58. The molecule has 3 atom stereocenters. The van der Waals surface area contributed by atoms with Crippen LogP contribution in [0.5, 0.6) is 0 Å². The molecule has 1 heterocycles. The molecule has 1 nitrogen and oxygen atoms in total. The molecule has 52 valence electrons. The third-order valence-electron chi connectivity index (χ3n) is 2.57. The highest BCUT2D eigenvalue weighted by atomic mass is 32.2. The zero-order chi connectivity index (χ0) is 6.27. The van der Waals surface area contributed by atoms with Gasteiger partial charge in [-0.1, -0.05) is 0 Å². The van der Waals surface area contributed by atoms with Crippen LogP contribution in [0.2, 0.25) is 0 Å². The van der Waals surface area contributed by atoms with Gasteiger partial charge in [0.1, 0.15) is 0 Å². The van der Waals surface area contributed by atoms with Gasteiger partial charge in [-0.25, -0.2) is 0 Å². The fraction of sp³-hybridized carbons (Fsp3) is 1.00. The lowest BCUT2D eigenvalue weighted by Gasteiger charge is -2.04. The molecule has 1 saturated carbocycles. The monoisotopic (exact) mass is 143 g/mol. The van der Waals surface area contributed by atoms with Crippen LogP contribution in [-0.2, 0) is 0 Å². The van der Waals surface area contributed by atoms with Crippen LogP contribution in [0.15, 0.2) is 0 Å². The summed E-state index contributed by atoms with van der Waals surface area (Å²) in [6.45, 7) is 0. The van der Waals surface area contributed by atoms with Gasteiger partial charge in [-0.05, 0) is 36.8 Å². The first-order valence-corrected chi connectivity index (χ1v) is 4.84. The minimum atomic E-state index is 0.889. The summed E-state index contributed by atoms with van der Waals surface area (Å²) in [5, 5.41) is 3.37. The summed E-state index contributed by atoms with van der Waals surface area (Å²) < 4.78 is 0. The first kappa shape index (κ1) is 6.05. The van der Waals surface area contributed by atoms with Gasteiger partial charge in [-0.15, -0.1) is 0 Å². The van der Waals surface area contributed by atoms with Gasteiger partial charge in [0.2, 0.25) is 0 Å². The maximum atomic E-state index is 3.37. The first-order chi connectivity index (χ1) is 4.43. The second kappa shape index (κ2) is 2.17. The van der Waals surface area contributed by atoms with Crippen LogP contribution in [-0.4, -0.2) is 24.6 Å². The quantitative estimate of drug-likeness (QED) is 0.586. The SMILES string of the molecule is CNC1C2CCSCC21. The van der Waals surface area contributed by atoms with Gasteiger partial charge in [-0.3, -0.25) is 0 Å². The van der Waals surface area contributed by atoms with E-state index in [0.29, 0.717) is 0 Å². The van der Waals surface area contributed by atoms with Crippen LogP contribution in [0.3, 0.4) is 0 Å². The second-order valence-electron chi connectivity index (χ2n) is 3.01. The molecule has 0 bridgehead atoms. The van der Waals surface area contributed by atoms with Crippen LogP contribution in [0.1, 0.15) is 6.42 Å². The fourth-order valence-corrected chi connectivity index (χ4v) is 3.27. The molecule has 0 amide bonds. The van der Waals surface area contributed by atoms with Crippen molar-refractivity contribution in [1.29, 1.82) is 0 Å². The molecule has 0 aromatic rings. The largest absolute Gasteiger partial charge is 0.316 e. The van der Waals surface area contributed by atoms with Gasteiger partial charge >= 0.3 is 0 Å². The van der Waals surface area contributed by atoms with Crippen LogP contribution >= 0.6 is 11.8 Å². The normalized spacial score (nSPS) is 48.3. The van der Waals surface area contributed by atoms with Gasteiger partial charge < -0.3 is 5.32 Å². The molecule has 0 spiro atoms. The standard InChI is InChI=1S/C7H13NS/c1-8-7-5-2-3-9-4-6(5)7/h5-8H,2-4H2,1H3. The maximum Gasteiger partial charge on any atom is 0.0135 e. The van der Waals surface area contributed by atoms with Crippen molar-refractivity contribution in [2.75, 3.05) is 18.6 Å². The maximum absolute atomic E-state index is 3.37. The van der Waals surface area contributed by atoms with Gasteiger partial charge in [0, 0.05) is 6.04 Å². The molecular formula is C7H13NS. The Balaban J connectivity index is 1.91. The average Bonchev–Trinajstić information content (AvgIpc) is 2.60. The molecule has 9 heavy (non-hydrogen) atoms. The predicted octanol–water partition coefficient (Wildman–Crippen LogP) is 0.957. The lowest BCUT2D eigenvalue weighted by molar-refractivity contribution is 0.686. The van der Waals surface area contributed by atoms with Crippen LogP contribution in [0.4, 0.5) is 0 Å². The summed E-state index contributed by atoms with van der Waals surface area (Å²) in [4.78, 5) is 0. The lowest BCUT2D eigenvalue weighted by atomic mass is 10.3. The molecule has 1 N–H and O–H groups in total. The highest BCUT2D eigenvalue weighted by molar-refractivity contribution is 7.99. The third kappa shape index (κ3) is 0.887. The zero-order valence-electron chi connectivity index (χ0n) is 5.76. The molecule has 0 aromatic heterocycles. The highest BCUT2D eigenvalue weighted by Crippen LogP contribution is 2.47. The summed E-state index contributed by atoms with van der Waals surface area (Å²) in [6.07, 6.45) is 1.46. The van der Waals surface area contributed by atoms with E-state index in [2.05, 4.69) is 24.1 Å². The van der Waals surface area contributed by atoms with E-state index in [1.54, 1.807) is 0 Å². The molecule has 0 aromatic carbocycles. The molecule has 1 saturated heterocycles. The Kier molecular flexibility index (Phi) is 1.46. The highest BCUT2D eigenvalue weighted by Gasteiger charge is 2.49. The van der Waals surface area contributed by atoms with E-state index in [1.165, 1.54) is 17.9 Å². The van der Waals surface area contributed by atoms with Crippen molar-refractivity contribution in [2.24, 2.45) is 11.8 Å². The lowest BCUT2D eigenvalue weighted by Crippen LogP contribution is -2.12. The molecule has 2 aliphatic rings. The second-order valence-corrected chi connectivity index (χ2v) is 4.16. The van der Waals surface area contributed by atoms with E-state index < -0.39 is 0 Å².